The van der Waals surface area contributed by atoms with Crippen LogP contribution in [0.3, 0.4) is 0 Å². The summed E-state index contributed by atoms with van der Waals surface area (Å²) >= 11 is 0. The number of carbonyl (C=O) groups is 1. The fourth-order valence-electron chi connectivity index (χ4n) is 2.17. The van der Waals surface area contributed by atoms with Gasteiger partial charge in [-0.3, -0.25) is 4.79 Å². The van der Waals surface area contributed by atoms with Crippen molar-refractivity contribution in [2.24, 2.45) is 0 Å². The molecule has 0 saturated carbocycles. The van der Waals surface area contributed by atoms with Crippen LogP contribution in [0.1, 0.15) is 23.4 Å². The number of hydrogen-bond acceptors (Lipinski definition) is 3. The number of aliphatic carboxylic acids is 1. The van der Waals surface area contributed by atoms with Crippen molar-refractivity contribution in [2.75, 3.05) is 6.54 Å². The molecule has 0 bridgehead atoms. The molecule has 0 aliphatic heterocycles. The van der Waals surface area contributed by atoms with Crippen molar-refractivity contribution in [3.63, 3.8) is 0 Å². The zero-order chi connectivity index (χ0) is 15.4. The Balaban J connectivity index is 2.13. The van der Waals surface area contributed by atoms with Gasteiger partial charge < -0.3 is 10.4 Å². The van der Waals surface area contributed by atoms with Gasteiger partial charge in [-0.05, 0) is 38.1 Å². The van der Waals surface area contributed by atoms with Crippen molar-refractivity contribution in [3.05, 3.63) is 47.0 Å². The molecule has 6 heteroatoms. The number of aryl methyl sites for hydroxylation is 1. The molecule has 0 atom stereocenters. The molecule has 1 aromatic heterocycles. The lowest BCUT2D eigenvalue weighted by molar-refractivity contribution is -0.136. The van der Waals surface area contributed by atoms with Gasteiger partial charge in [0.15, 0.2) is 0 Å². The van der Waals surface area contributed by atoms with Gasteiger partial charge in [0.05, 0.1) is 17.8 Å². The summed E-state index contributed by atoms with van der Waals surface area (Å²) in [4.78, 5) is 10.5. The van der Waals surface area contributed by atoms with E-state index < -0.39 is 5.97 Å². The third-order valence-corrected chi connectivity index (χ3v) is 3.33. The Bertz CT molecular complexity index is 635. The van der Waals surface area contributed by atoms with E-state index in [-0.39, 0.29) is 12.2 Å². The SMILES string of the molecule is Cc1nn(-c2ccc(F)cc2)c(C)c1CNCCC(=O)O. The van der Waals surface area contributed by atoms with Crippen LogP contribution in [-0.4, -0.2) is 27.4 Å². The van der Waals surface area contributed by atoms with Crippen LogP contribution in [-0.2, 0) is 11.3 Å². The van der Waals surface area contributed by atoms with Crippen molar-refractivity contribution in [2.45, 2.75) is 26.8 Å². The topological polar surface area (TPSA) is 67.2 Å². The van der Waals surface area contributed by atoms with E-state index in [9.17, 15) is 9.18 Å². The van der Waals surface area contributed by atoms with Crippen LogP contribution in [0, 0.1) is 19.7 Å². The molecule has 0 amide bonds. The highest BCUT2D eigenvalue weighted by Crippen LogP contribution is 2.18. The molecule has 0 aliphatic rings. The van der Waals surface area contributed by atoms with Crippen molar-refractivity contribution in [1.82, 2.24) is 15.1 Å². The summed E-state index contributed by atoms with van der Waals surface area (Å²) < 4.78 is 14.7. The molecule has 21 heavy (non-hydrogen) atoms. The molecular formula is C15H18FN3O2. The van der Waals surface area contributed by atoms with Crippen molar-refractivity contribution >= 4 is 5.97 Å². The van der Waals surface area contributed by atoms with Crippen LogP contribution in [0.4, 0.5) is 4.39 Å². The Labute approximate surface area is 122 Å². The second-order valence-electron chi connectivity index (χ2n) is 4.86. The van der Waals surface area contributed by atoms with Crippen LogP contribution >= 0.6 is 0 Å². The van der Waals surface area contributed by atoms with Gasteiger partial charge in [0.25, 0.3) is 0 Å². The Hall–Kier alpha value is -2.21. The van der Waals surface area contributed by atoms with Gasteiger partial charge >= 0.3 is 5.97 Å². The van der Waals surface area contributed by atoms with Crippen LogP contribution in [0.5, 0.6) is 0 Å². The summed E-state index contributed by atoms with van der Waals surface area (Å²) in [5.74, 6) is -1.10. The molecule has 2 rings (SSSR count). The number of halogens is 1. The molecule has 0 spiro atoms. The number of carboxylic acids is 1. The Morgan fingerprint density at radius 3 is 2.62 bits per heavy atom. The molecule has 1 aromatic carbocycles. The number of aromatic nitrogens is 2. The minimum atomic E-state index is -0.821. The number of carboxylic acid groups (broad SMARTS) is 1. The molecule has 0 saturated heterocycles. The van der Waals surface area contributed by atoms with E-state index in [0.29, 0.717) is 13.1 Å². The number of nitrogens with zero attached hydrogens (tertiary/aromatic N) is 2. The first-order valence-electron chi connectivity index (χ1n) is 6.72. The number of rotatable bonds is 6. The number of hydrogen-bond donors (Lipinski definition) is 2. The molecule has 0 aliphatic carbocycles. The standard InChI is InChI=1S/C15H18FN3O2/c1-10-14(9-17-8-7-15(20)21)11(2)19(18-10)13-5-3-12(16)4-6-13/h3-6,17H,7-9H2,1-2H3,(H,20,21). The van der Waals surface area contributed by atoms with E-state index in [1.165, 1.54) is 12.1 Å². The second kappa shape index (κ2) is 6.49. The average Bonchev–Trinajstić information content (AvgIpc) is 2.71. The molecule has 0 radical (unpaired) electrons. The lowest BCUT2D eigenvalue weighted by atomic mass is 10.2. The Kier molecular flexibility index (Phi) is 4.70. The Morgan fingerprint density at radius 2 is 2.00 bits per heavy atom. The number of nitrogens with one attached hydrogen (secondary N) is 1. The molecule has 0 unspecified atom stereocenters. The third-order valence-electron chi connectivity index (χ3n) is 3.33. The maximum absolute atomic E-state index is 13.0. The Morgan fingerprint density at radius 1 is 1.33 bits per heavy atom. The van der Waals surface area contributed by atoms with Crippen LogP contribution < -0.4 is 5.32 Å². The lowest BCUT2D eigenvalue weighted by Gasteiger charge is -2.06. The van der Waals surface area contributed by atoms with Crippen molar-refractivity contribution in [1.29, 1.82) is 0 Å². The summed E-state index contributed by atoms with van der Waals surface area (Å²) in [5.41, 5.74) is 3.67. The fraction of sp³-hybridized carbons (Fsp3) is 0.333. The molecular weight excluding hydrogens is 273 g/mol. The van der Waals surface area contributed by atoms with Crippen LogP contribution in [0.15, 0.2) is 24.3 Å². The average molecular weight is 291 g/mol. The highest BCUT2D eigenvalue weighted by molar-refractivity contribution is 5.66. The fourth-order valence-corrected chi connectivity index (χ4v) is 2.17. The smallest absolute Gasteiger partial charge is 0.304 e. The maximum Gasteiger partial charge on any atom is 0.304 e. The van der Waals surface area contributed by atoms with Gasteiger partial charge in [0.1, 0.15) is 5.82 Å². The van der Waals surface area contributed by atoms with E-state index in [1.807, 2.05) is 13.8 Å². The van der Waals surface area contributed by atoms with Crippen LogP contribution in [0.2, 0.25) is 0 Å². The first kappa shape index (κ1) is 15.2. The lowest BCUT2D eigenvalue weighted by Crippen LogP contribution is -2.18. The largest absolute Gasteiger partial charge is 0.481 e. The monoisotopic (exact) mass is 291 g/mol. The molecule has 1 heterocycles. The van der Waals surface area contributed by atoms with Crippen LogP contribution in [0.25, 0.3) is 5.69 Å². The third kappa shape index (κ3) is 3.66. The predicted octanol–water partition coefficient (Wildman–Crippen LogP) is 2.19. The van der Waals surface area contributed by atoms with E-state index in [4.69, 9.17) is 5.11 Å². The first-order valence-corrected chi connectivity index (χ1v) is 6.72. The summed E-state index contributed by atoms with van der Waals surface area (Å²) in [5, 5.41) is 16.2. The zero-order valence-corrected chi connectivity index (χ0v) is 12.1. The van der Waals surface area contributed by atoms with Gasteiger partial charge in [-0.1, -0.05) is 0 Å². The molecule has 2 aromatic rings. The van der Waals surface area contributed by atoms with Gasteiger partial charge in [-0.15, -0.1) is 0 Å². The summed E-state index contributed by atoms with van der Waals surface area (Å²) in [6.07, 6.45) is 0.0875. The molecule has 5 nitrogen and oxygen atoms in total. The molecule has 112 valence electrons. The number of benzene rings is 1. The molecule has 2 N–H and O–H groups in total. The molecule has 0 fully saturated rings. The quantitative estimate of drug-likeness (QED) is 0.801. The summed E-state index contributed by atoms with van der Waals surface area (Å²) in [7, 11) is 0. The second-order valence-corrected chi connectivity index (χ2v) is 4.86. The minimum Gasteiger partial charge on any atom is -0.481 e. The van der Waals surface area contributed by atoms with Crippen molar-refractivity contribution < 1.29 is 14.3 Å². The highest BCUT2D eigenvalue weighted by atomic mass is 19.1. The zero-order valence-electron chi connectivity index (χ0n) is 12.1. The first-order chi connectivity index (χ1) is 9.99. The van der Waals surface area contributed by atoms with Gasteiger partial charge in [-0.25, -0.2) is 9.07 Å². The van der Waals surface area contributed by atoms with E-state index in [2.05, 4.69) is 10.4 Å². The normalized spacial score (nSPS) is 10.8. The summed E-state index contributed by atoms with van der Waals surface area (Å²) in [6, 6.07) is 6.15. The van der Waals surface area contributed by atoms with Gasteiger partial charge in [0, 0.05) is 24.3 Å². The predicted molar refractivity (Wildman–Crippen MR) is 77.0 cm³/mol. The van der Waals surface area contributed by atoms with E-state index >= 15 is 0 Å². The minimum absolute atomic E-state index is 0.0875. The van der Waals surface area contributed by atoms with Gasteiger partial charge in [0.2, 0.25) is 0 Å². The van der Waals surface area contributed by atoms with Crippen molar-refractivity contribution in [3.8, 4) is 5.69 Å². The maximum atomic E-state index is 13.0. The van der Waals surface area contributed by atoms with E-state index in [0.717, 1.165) is 22.6 Å². The van der Waals surface area contributed by atoms with E-state index in [1.54, 1.807) is 16.8 Å². The van der Waals surface area contributed by atoms with Gasteiger partial charge in [-0.2, -0.15) is 5.10 Å². The summed E-state index contributed by atoms with van der Waals surface area (Å²) in [6.45, 7) is 4.82. The highest BCUT2D eigenvalue weighted by Gasteiger charge is 2.12.